The summed E-state index contributed by atoms with van der Waals surface area (Å²) in [6.07, 6.45) is 1.53. The number of benzene rings is 1. The molecule has 6 N–H and O–H groups in total. The fraction of sp³-hybridized carbons (Fsp3) is 0.143. The molecular formula is C14H15N7O2. The van der Waals surface area contributed by atoms with Gasteiger partial charge in [-0.1, -0.05) is 0 Å². The molecule has 118 valence electrons. The Bertz CT molecular complexity index is 829. The van der Waals surface area contributed by atoms with Crippen LogP contribution >= 0.6 is 0 Å². The second-order valence-corrected chi connectivity index (χ2v) is 4.77. The number of nitrogen functional groups attached to an aromatic ring is 1. The summed E-state index contributed by atoms with van der Waals surface area (Å²) in [5.41, 5.74) is 7.94. The molecule has 9 nitrogen and oxygen atoms in total. The fourth-order valence-electron chi connectivity index (χ4n) is 2.10. The molecule has 1 aromatic carbocycles. The van der Waals surface area contributed by atoms with Gasteiger partial charge >= 0.3 is 5.97 Å². The van der Waals surface area contributed by atoms with Crippen LogP contribution in [0.1, 0.15) is 10.4 Å². The summed E-state index contributed by atoms with van der Waals surface area (Å²) in [7, 11) is 0. The standard InChI is InChI=1S/C14H15N7O2/c15-14-20-11(10-12(21-14)19-7-18-10)17-6-5-16-9-3-1-8(2-4-9)13(22)23/h1-4,7,16H,5-6H2,(H,22,23)(H4,15,17,18,19,20,21). The number of anilines is 3. The number of aromatic carboxylic acids is 1. The van der Waals surface area contributed by atoms with Crippen molar-refractivity contribution < 1.29 is 9.90 Å². The van der Waals surface area contributed by atoms with E-state index in [2.05, 4.69) is 30.6 Å². The predicted octanol–water partition coefficient (Wildman–Crippen LogP) is 1.16. The van der Waals surface area contributed by atoms with Gasteiger partial charge < -0.3 is 26.5 Å². The first kappa shape index (κ1) is 14.6. The van der Waals surface area contributed by atoms with Crippen molar-refractivity contribution in [1.29, 1.82) is 0 Å². The molecule has 0 aliphatic heterocycles. The Morgan fingerprint density at radius 2 is 1.91 bits per heavy atom. The molecule has 0 aliphatic rings. The van der Waals surface area contributed by atoms with Gasteiger partial charge in [0.1, 0.15) is 5.52 Å². The third-order valence-corrected chi connectivity index (χ3v) is 3.18. The molecule has 0 saturated heterocycles. The zero-order valence-electron chi connectivity index (χ0n) is 12.1. The molecule has 0 amide bonds. The van der Waals surface area contributed by atoms with E-state index in [1.165, 1.54) is 6.33 Å². The summed E-state index contributed by atoms with van der Waals surface area (Å²) >= 11 is 0. The van der Waals surface area contributed by atoms with Crippen LogP contribution in [-0.4, -0.2) is 44.1 Å². The van der Waals surface area contributed by atoms with Crippen LogP contribution in [0, 0.1) is 0 Å². The van der Waals surface area contributed by atoms with Gasteiger partial charge in [-0.25, -0.2) is 9.78 Å². The van der Waals surface area contributed by atoms with E-state index < -0.39 is 5.97 Å². The molecule has 0 radical (unpaired) electrons. The van der Waals surface area contributed by atoms with Crippen LogP contribution in [-0.2, 0) is 0 Å². The normalized spacial score (nSPS) is 10.6. The van der Waals surface area contributed by atoms with Gasteiger partial charge in [-0.2, -0.15) is 9.97 Å². The van der Waals surface area contributed by atoms with E-state index in [-0.39, 0.29) is 11.5 Å². The second kappa shape index (κ2) is 6.18. The highest BCUT2D eigenvalue weighted by atomic mass is 16.4. The first-order valence-electron chi connectivity index (χ1n) is 6.91. The van der Waals surface area contributed by atoms with E-state index in [0.29, 0.717) is 30.1 Å². The minimum absolute atomic E-state index is 0.157. The van der Waals surface area contributed by atoms with Crippen molar-refractivity contribution in [3.63, 3.8) is 0 Å². The van der Waals surface area contributed by atoms with Gasteiger partial charge in [0, 0.05) is 18.8 Å². The van der Waals surface area contributed by atoms with Crippen LogP contribution in [0.5, 0.6) is 0 Å². The third kappa shape index (κ3) is 3.28. The maximum absolute atomic E-state index is 10.8. The van der Waals surface area contributed by atoms with Gasteiger partial charge in [-0.3, -0.25) is 0 Å². The van der Waals surface area contributed by atoms with Gasteiger partial charge in [-0.05, 0) is 24.3 Å². The molecule has 0 unspecified atom stereocenters. The summed E-state index contributed by atoms with van der Waals surface area (Å²) < 4.78 is 0. The molecule has 0 spiro atoms. The molecular weight excluding hydrogens is 298 g/mol. The highest BCUT2D eigenvalue weighted by molar-refractivity contribution is 5.88. The van der Waals surface area contributed by atoms with Crippen molar-refractivity contribution in [3.05, 3.63) is 36.2 Å². The lowest BCUT2D eigenvalue weighted by molar-refractivity contribution is 0.0697. The number of carboxylic acids is 1. The molecule has 2 aromatic heterocycles. The van der Waals surface area contributed by atoms with Gasteiger partial charge in [0.15, 0.2) is 11.5 Å². The van der Waals surface area contributed by atoms with Crippen LogP contribution in [0.15, 0.2) is 30.6 Å². The summed E-state index contributed by atoms with van der Waals surface area (Å²) in [6, 6.07) is 6.55. The number of imidazole rings is 1. The molecule has 2 heterocycles. The fourth-order valence-corrected chi connectivity index (χ4v) is 2.10. The first-order chi connectivity index (χ1) is 11.1. The van der Waals surface area contributed by atoms with Crippen LogP contribution in [0.2, 0.25) is 0 Å². The number of fused-ring (bicyclic) bond motifs is 1. The molecule has 0 atom stereocenters. The maximum atomic E-state index is 10.8. The number of H-pyrrole nitrogens is 1. The number of nitrogens with one attached hydrogen (secondary N) is 3. The molecule has 3 aromatic rings. The number of carboxylic acid groups (broad SMARTS) is 1. The highest BCUT2D eigenvalue weighted by Gasteiger charge is 2.07. The van der Waals surface area contributed by atoms with Crippen molar-refractivity contribution in [2.24, 2.45) is 0 Å². The van der Waals surface area contributed by atoms with Crippen LogP contribution in [0.3, 0.4) is 0 Å². The number of aromatic nitrogens is 4. The zero-order valence-corrected chi connectivity index (χ0v) is 12.1. The van der Waals surface area contributed by atoms with E-state index in [1.54, 1.807) is 24.3 Å². The van der Waals surface area contributed by atoms with E-state index >= 15 is 0 Å². The van der Waals surface area contributed by atoms with E-state index in [1.807, 2.05) is 0 Å². The summed E-state index contributed by atoms with van der Waals surface area (Å²) in [6.45, 7) is 1.21. The molecule has 3 rings (SSSR count). The Morgan fingerprint density at radius 3 is 2.65 bits per heavy atom. The van der Waals surface area contributed by atoms with Crippen LogP contribution < -0.4 is 16.4 Å². The van der Waals surface area contributed by atoms with Gasteiger partial charge in [0.05, 0.1) is 11.9 Å². The van der Waals surface area contributed by atoms with E-state index in [9.17, 15) is 4.79 Å². The van der Waals surface area contributed by atoms with Crippen molar-refractivity contribution in [3.8, 4) is 0 Å². The Morgan fingerprint density at radius 1 is 1.17 bits per heavy atom. The largest absolute Gasteiger partial charge is 0.478 e. The topological polar surface area (TPSA) is 142 Å². The molecule has 0 bridgehead atoms. The average molecular weight is 313 g/mol. The van der Waals surface area contributed by atoms with Crippen molar-refractivity contribution in [2.75, 3.05) is 29.5 Å². The number of hydrogen-bond donors (Lipinski definition) is 5. The lowest BCUT2D eigenvalue weighted by Gasteiger charge is -2.09. The van der Waals surface area contributed by atoms with Gasteiger partial charge in [0.25, 0.3) is 0 Å². The SMILES string of the molecule is Nc1nc(NCCNc2ccc(C(=O)O)cc2)c2[nH]cnc2n1. The van der Waals surface area contributed by atoms with E-state index in [4.69, 9.17) is 10.8 Å². The predicted molar refractivity (Wildman–Crippen MR) is 86.5 cm³/mol. The summed E-state index contributed by atoms with van der Waals surface area (Å²) in [4.78, 5) is 25.9. The quantitative estimate of drug-likeness (QED) is 0.427. The molecule has 0 fully saturated rings. The Labute approximate surface area is 131 Å². The van der Waals surface area contributed by atoms with Gasteiger partial charge in [-0.15, -0.1) is 0 Å². The van der Waals surface area contributed by atoms with E-state index in [0.717, 1.165) is 5.69 Å². The number of rotatable bonds is 6. The monoisotopic (exact) mass is 313 g/mol. The lowest BCUT2D eigenvalue weighted by Crippen LogP contribution is -2.15. The third-order valence-electron chi connectivity index (χ3n) is 3.18. The number of nitrogens with two attached hydrogens (primary N) is 1. The Kier molecular flexibility index (Phi) is 3.91. The van der Waals surface area contributed by atoms with Crippen LogP contribution in [0.25, 0.3) is 11.2 Å². The minimum Gasteiger partial charge on any atom is -0.478 e. The maximum Gasteiger partial charge on any atom is 0.335 e. The number of hydrogen-bond acceptors (Lipinski definition) is 7. The number of aromatic amines is 1. The summed E-state index contributed by atoms with van der Waals surface area (Å²) in [5, 5.41) is 15.2. The van der Waals surface area contributed by atoms with Gasteiger partial charge in [0.2, 0.25) is 5.95 Å². The lowest BCUT2D eigenvalue weighted by atomic mass is 10.2. The van der Waals surface area contributed by atoms with Crippen molar-refractivity contribution in [1.82, 2.24) is 19.9 Å². The Balaban J connectivity index is 1.56. The zero-order chi connectivity index (χ0) is 16.2. The minimum atomic E-state index is -0.942. The molecule has 9 heteroatoms. The van der Waals surface area contributed by atoms with Crippen molar-refractivity contribution in [2.45, 2.75) is 0 Å². The smallest absolute Gasteiger partial charge is 0.335 e. The Hall–Kier alpha value is -3.36. The molecule has 23 heavy (non-hydrogen) atoms. The first-order valence-corrected chi connectivity index (χ1v) is 6.91. The number of carbonyl (C=O) groups is 1. The summed E-state index contributed by atoms with van der Waals surface area (Å²) in [5.74, 6) is -0.194. The average Bonchev–Trinajstić information content (AvgIpc) is 3.00. The highest BCUT2D eigenvalue weighted by Crippen LogP contribution is 2.16. The van der Waals surface area contributed by atoms with Crippen LogP contribution in [0.4, 0.5) is 17.5 Å². The number of nitrogens with zero attached hydrogens (tertiary/aromatic N) is 3. The van der Waals surface area contributed by atoms with Crippen molar-refractivity contribution >= 4 is 34.6 Å². The second-order valence-electron chi connectivity index (χ2n) is 4.77. The molecule has 0 aliphatic carbocycles. The molecule has 0 saturated carbocycles.